The van der Waals surface area contributed by atoms with Crippen LogP contribution in [0.5, 0.6) is 0 Å². The summed E-state index contributed by atoms with van der Waals surface area (Å²) in [5.74, 6) is 4.95. The lowest BCUT2D eigenvalue weighted by Gasteiger charge is -2.19. The third-order valence-corrected chi connectivity index (χ3v) is 6.54. The maximum Gasteiger partial charge on any atom is 0.258 e. The van der Waals surface area contributed by atoms with Crippen molar-refractivity contribution in [1.82, 2.24) is 4.98 Å². The average Bonchev–Trinajstić information content (AvgIpc) is 3.40. The number of anilines is 4. The van der Waals surface area contributed by atoms with Crippen molar-refractivity contribution >= 4 is 28.8 Å². The van der Waals surface area contributed by atoms with Gasteiger partial charge in [0, 0.05) is 35.9 Å². The van der Waals surface area contributed by atoms with Gasteiger partial charge in [-0.05, 0) is 66.6 Å². The van der Waals surface area contributed by atoms with Gasteiger partial charge in [-0.1, -0.05) is 30.3 Å². The predicted octanol–water partition coefficient (Wildman–Crippen LogP) is 5.00. The van der Waals surface area contributed by atoms with Crippen molar-refractivity contribution in [3.63, 3.8) is 0 Å². The number of halogens is 1. The van der Waals surface area contributed by atoms with Crippen LogP contribution in [0, 0.1) is 5.82 Å². The van der Waals surface area contributed by atoms with E-state index in [1.54, 1.807) is 18.2 Å². The molecule has 1 aliphatic heterocycles. The first-order chi connectivity index (χ1) is 17.5. The maximum absolute atomic E-state index is 14.5. The van der Waals surface area contributed by atoms with Crippen LogP contribution in [-0.4, -0.2) is 24.0 Å². The van der Waals surface area contributed by atoms with Gasteiger partial charge in [0.15, 0.2) is 0 Å². The Bertz CT molecular complexity index is 1380. The quantitative estimate of drug-likeness (QED) is 0.227. The van der Waals surface area contributed by atoms with Gasteiger partial charge in [0.25, 0.3) is 5.91 Å². The summed E-state index contributed by atoms with van der Waals surface area (Å²) in [6.45, 7) is 1.93. The second kappa shape index (κ2) is 10.1. The number of pyridine rings is 1. The van der Waals surface area contributed by atoms with E-state index in [4.69, 9.17) is 11.6 Å². The molecule has 3 aromatic carbocycles. The third-order valence-electron chi connectivity index (χ3n) is 6.54. The van der Waals surface area contributed by atoms with Crippen molar-refractivity contribution in [2.75, 3.05) is 34.5 Å². The Morgan fingerprint density at radius 1 is 1.00 bits per heavy atom. The Kier molecular flexibility index (Phi) is 6.51. The third kappa shape index (κ3) is 4.85. The number of nitrogens with one attached hydrogen (secondary N) is 2. The van der Waals surface area contributed by atoms with E-state index in [1.165, 1.54) is 17.7 Å². The lowest BCUT2D eigenvalue weighted by Crippen LogP contribution is -2.19. The van der Waals surface area contributed by atoms with E-state index in [9.17, 15) is 9.18 Å². The number of rotatable bonds is 6. The van der Waals surface area contributed by atoms with Crippen LogP contribution in [0.1, 0.15) is 28.3 Å². The average molecular weight is 483 g/mol. The summed E-state index contributed by atoms with van der Waals surface area (Å²) < 4.78 is 14.5. The molecule has 7 nitrogen and oxygen atoms in total. The molecule has 1 aliphatic rings. The van der Waals surface area contributed by atoms with E-state index in [1.807, 2.05) is 30.3 Å². The summed E-state index contributed by atoms with van der Waals surface area (Å²) in [6, 6.07) is 25.8. The van der Waals surface area contributed by atoms with Gasteiger partial charge in [0.05, 0.1) is 16.9 Å². The highest BCUT2D eigenvalue weighted by Crippen LogP contribution is 2.31. The molecule has 0 saturated carbocycles. The highest BCUT2D eigenvalue weighted by molar-refractivity contribution is 6.05. The molecule has 1 saturated heterocycles. The number of hydrogen-bond donors (Lipinski definition) is 4. The molecule has 1 unspecified atom stereocenters. The first-order valence-electron chi connectivity index (χ1n) is 11.8. The van der Waals surface area contributed by atoms with E-state index in [2.05, 4.69) is 44.9 Å². The predicted molar refractivity (Wildman–Crippen MR) is 142 cm³/mol. The van der Waals surface area contributed by atoms with Crippen molar-refractivity contribution < 1.29 is 9.18 Å². The molecule has 1 aromatic heterocycles. The van der Waals surface area contributed by atoms with Crippen LogP contribution in [0.25, 0.3) is 11.3 Å². The number of benzene rings is 3. The van der Waals surface area contributed by atoms with Crippen LogP contribution >= 0.6 is 0 Å². The SMILES string of the molecule is NNc1ccc(-c2ccc(F)c(C(=O)Nc3ccc(N4CCC(c5ccccc5)C4)cc3)c2)nc1N. The molecule has 0 radical (unpaired) electrons. The molecule has 4 aromatic rings. The monoisotopic (exact) mass is 482 g/mol. The molecule has 0 bridgehead atoms. The molecule has 8 heteroatoms. The molecule has 1 amide bonds. The Labute approximate surface area is 208 Å². The second-order valence-electron chi connectivity index (χ2n) is 8.81. The molecular weight excluding hydrogens is 455 g/mol. The number of carbonyl (C=O) groups excluding carboxylic acids is 1. The first kappa shape index (κ1) is 23.3. The summed E-state index contributed by atoms with van der Waals surface area (Å²) in [6.07, 6.45) is 1.10. The van der Waals surface area contributed by atoms with Gasteiger partial charge < -0.3 is 21.4 Å². The van der Waals surface area contributed by atoms with Crippen LogP contribution < -0.4 is 27.2 Å². The van der Waals surface area contributed by atoms with Crippen LogP contribution in [-0.2, 0) is 0 Å². The molecule has 2 heterocycles. The summed E-state index contributed by atoms with van der Waals surface area (Å²) >= 11 is 0. The number of nitrogens with zero attached hydrogens (tertiary/aromatic N) is 2. The van der Waals surface area contributed by atoms with Crippen molar-refractivity contribution in [3.8, 4) is 11.3 Å². The van der Waals surface area contributed by atoms with Gasteiger partial charge in [-0.15, -0.1) is 0 Å². The summed E-state index contributed by atoms with van der Waals surface area (Å²) in [5, 5.41) is 2.79. The molecule has 1 fully saturated rings. The van der Waals surface area contributed by atoms with E-state index in [0.29, 0.717) is 28.6 Å². The van der Waals surface area contributed by atoms with Gasteiger partial charge in [0.1, 0.15) is 11.6 Å². The molecule has 182 valence electrons. The minimum absolute atomic E-state index is 0.0804. The fraction of sp³-hybridized carbons (Fsp3) is 0.143. The molecule has 36 heavy (non-hydrogen) atoms. The zero-order valence-electron chi connectivity index (χ0n) is 19.6. The summed E-state index contributed by atoms with van der Waals surface area (Å²) in [7, 11) is 0. The fourth-order valence-electron chi connectivity index (χ4n) is 4.56. The summed E-state index contributed by atoms with van der Waals surface area (Å²) in [4.78, 5) is 19.5. The Morgan fingerprint density at radius 3 is 2.50 bits per heavy atom. The van der Waals surface area contributed by atoms with E-state index in [0.717, 1.165) is 25.2 Å². The molecule has 0 aliphatic carbocycles. The first-order valence-corrected chi connectivity index (χ1v) is 11.8. The molecule has 0 spiro atoms. The second-order valence-corrected chi connectivity index (χ2v) is 8.81. The van der Waals surface area contributed by atoms with Crippen molar-refractivity contribution in [2.45, 2.75) is 12.3 Å². The standard InChI is InChI=1S/C28H27FN6O/c29-24-11-6-19(25-12-13-26(34-31)27(30)33-25)16-23(24)28(36)32-21-7-9-22(10-8-21)35-15-14-20(17-35)18-4-2-1-3-5-18/h1-13,16,20,34H,14-15,17,31H2,(H2,30,33)(H,32,36). The molecule has 1 atom stereocenters. The lowest BCUT2D eigenvalue weighted by molar-refractivity contribution is 0.102. The maximum atomic E-state index is 14.5. The number of nitrogens with two attached hydrogens (primary N) is 2. The fourth-order valence-corrected chi connectivity index (χ4v) is 4.56. The van der Waals surface area contributed by atoms with Gasteiger partial charge in [-0.2, -0.15) is 0 Å². The minimum Gasteiger partial charge on any atom is -0.382 e. The minimum atomic E-state index is -0.620. The molecular formula is C28H27FN6O. The topological polar surface area (TPSA) is 109 Å². The van der Waals surface area contributed by atoms with Gasteiger partial charge >= 0.3 is 0 Å². The number of amides is 1. The highest BCUT2D eigenvalue weighted by Gasteiger charge is 2.24. The largest absolute Gasteiger partial charge is 0.382 e. The normalized spacial score (nSPS) is 15.1. The van der Waals surface area contributed by atoms with Gasteiger partial charge in [-0.25, -0.2) is 9.37 Å². The van der Waals surface area contributed by atoms with Crippen LogP contribution in [0.3, 0.4) is 0 Å². The number of aromatic nitrogens is 1. The van der Waals surface area contributed by atoms with Crippen molar-refractivity contribution in [2.24, 2.45) is 5.84 Å². The number of hydrazine groups is 1. The Balaban J connectivity index is 1.27. The van der Waals surface area contributed by atoms with Crippen molar-refractivity contribution in [3.05, 3.63) is 102 Å². The van der Waals surface area contributed by atoms with Crippen LogP contribution in [0.4, 0.5) is 27.3 Å². The summed E-state index contributed by atoms with van der Waals surface area (Å²) in [5.41, 5.74) is 12.9. The van der Waals surface area contributed by atoms with E-state index in [-0.39, 0.29) is 11.4 Å². The zero-order valence-corrected chi connectivity index (χ0v) is 19.6. The Hall–Kier alpha value is -4.43. The van der Waals surface area contributed by atoms with Crippen LogP contribution in [0.2, 0.25) is 0 Å². The van der Waals surface area contributed by atoms with Gasteiger partial charge in [0.2, 0.25) is 0 Å². The van der Waals surface area contributed by atoms with E-state index >= 15 is 0 Å². The lowest BCUT2D eigenvalue weighted by atomic mass is 9.99. The van der Waals surface area contributed by atoms with Gasteiger partial charge in [-0.3, -0.25) is 10.6 Å². The Morgan fingerprint density at radius 2 is 1.78 bits per heavy atom. The highest BCUT2D eigenvalue weighted by atomic mass is 19.1. The smallest absolute Gasteiger partial charge is 0.258 e. The number of nitrogen functional groups attached to an aromatic ring is 2. The number of carbonyl (C=O) groups is 1. The zero-order chi connectivity index (χ0) is 25.1. The van der Waals surface area contributed by atoms with Crippen molar-refractivity contribution in [1.29, 1.82) is 0 Å². The van der Waals surface area contributed by atoms with Crippen LogP contribution in [0.15, 0.2) is 84.9 Å². The molecule has 6 N–H and O–H groups in total. The van der Waals surface area contributed by atoms with E-state index < -0.39 is 11.7 Å². The molecule has 5 rings (SSSR count). The number of hydrogen-bond acceptors (Lipinski definition) is 6.